The highest BCUT2D eigenvalue weighted by Crippen LogP contribution is 2.16. The minimum atomic E-state index is -1.06. The molecule has 3 aromatic carbocycles. The largest absolute Gasteiger partial charge is 0.478 e. The van der Waals surface area contributed by atoms with Crippen LogP contribution in [-0.2, 0) is 4.79 Å². The summed E-state index contributed by atoms with van der Waals surface area (Å²) in [5, 5.41) is 14.3. The van der Waals surface area contributed by atoms with Crippen LogP contribution in [0, 0.1) is 0 Å². The number of carboxylic acid groups (broad SMARTS) is 1. The molecule has 0 saturated carbocycles. The number of carbonyl (C=O) groups is 3. The topological polar surface area (TPSA) is 95.5 Å². The maximum absolute atomic E-state index is 12.9. The van der Waals surface area contributed by atoms with Crippen LogP contribution in [0.25, 0.3) is 6.08 Å². The van der Waals surface area contributed by atoms with Crippen LogP contribution in [0.4, 0.5) is 5.69 Å². The maximum Gasteiger partial charge on any atom is 0.335 e. The van der Waals surface area contributed by atoms with Crippen molar-refractivity contribution in [2.45, 2.75) is 0 Å². The maximum atomic E-state index is 12.9. The Hall–Kier alpha value is -3.71. The molecule has 3 aromatic rings. The molecule has 0 atom stereocenters. The molecule has 0 radical (unpaired) electrons. The van der Waals surface area contributed by atoms with Crippen LogP contribution < -0.4 is 10.6 Å². The van der Waals surface area contributed by atoms with E-state index in [9.17, 15) is 14.4 Å². The van der Waals surface area contributed by atoms with Crippen molar-refractivity contribution >= 4 is 45.5 Å². The molecule has 0 unspecified atom stereocenters. The summed E-state index contributed by atoms with van der Waals surface area (Å²) in [6.07, 6.45) is 1.56. The Morgan fingerprint density at radius 3 is 2.17 bits per heavy atom. The average molecular weight is 465 g/mol. The van der Waals surface area contributed by atoms with Gasteiger partial charge in [-0.15, -0.1) is 0 Å². The van der Waals surface area contributed by atoms with Crippen molar-refractivity contribution < 1.29 is 19.5 Å². The van der Waals surface area contributed by atoms with E-state index in [2.05, 4.69) is 26.6 Å². The van der Waals surface area contributed by atoms with Gasteiger partial charge in [-0.2, -0.15) is 0 Å². The first kappa shape index (κ1) is 21.0. The molecule has 0 bridgehead atoms. The van der Waals surface area contributed by atoms with Crippen molar-refractivity contribution in [2.75, 3.05) is 5.32 Å². The van der Waals surface area contributed by atoms with E-state index < -0.39 is 17.8 Å². The molecule has 0 heterocycles. The first-order valence-corrected chi connectivity index (χ1v) is 9.70. The first-order chi connectivity index (χ1) is 14.4. The number of carbonyl (C=O) groups excluding carboxylic acids is 2. The van der Waals surface area contributed by atoms with E-state index >= 15 is 0 Å². The molecular weight excluding hydrogens is 448 g/mol. The van der Waals surface area contributed by atoms with Crippen LogP contribution in [0.2, 0.25) is 0 Å². The number of benzene rings is 3. The predicted octanol–water partition coefficient (Wildman–Crippen LogP) is 4.56. The Kier molecular flexibility index (Phi) is 6.77. The van der Waals surface area contributed by atoms with E-state index in [1.807, 2.05) is 18.2 Å². The summed E-state index contributed by atoms with van der Waals surface area (Å²) < 4.78 is 0.828. The number of amides is 2. The number of aromatic carboxylic acids is 1. The fraction of sp³-hybridized carbons (Fsp3) is 0. The number of hydrogen-bond acceptors (Lipinski definition) is 3. The normalized spacial score (nSPS) is 10.9. The Labute approximate surface area is 181 Å². The highest BCUT2D eigenvalue weighted by molar-refractivity contribution is 9.10. The zero-order chi connectivity index (χ0) is 21.5. The fourth-order valence-corrected chi connectivity index (χ4v) is 3.02. The smallest absolute Gasteiger partial charge is 0.335 e. The zero-order valence-electron chi connectivity index (χ0n) is 15.6. The molecule has 3 rings (SSSR count). The van der Waals surface area contributed by atoms with Gasteiger partial charge in [0.25, 0.3) is 11.8 Å². The van der Waals surface area contributed by atoms with Gasteiger partial charge in [-0.05, 0) is 60.2 Å². The van der Waals surface area contributed by atoms with Gasteiger partial charge < -0.3 is 15.7 Å². The van der Waals surface area contributed by atoms with Crippen molar-refractivity contribution in [2.24, 2.45) is 0 Å². The number of carboxylic acids is 1. The summed E-state index contributed by atoms with van der Waals surface area (Å²) in [7, 11) is 0. The van der Waals surface area contributed by atoms with E-state index in [1.165, 1.54) is 24.3 Å². The van der Waals surface area contributed by atoms with Crippen LogP contribution >= 0.6 is 15.9 Å². The summed E-state index contributed by atoms with van der Waals surface area (Å²) in [4.78, 5) is 36.4. The molecule has 0 spiro atoms. The van der Waals surface area contributed by atoms with E-state index in [4.69, 9.17) is 5.11 Å². The monoisotopic (exact) mass is 464 g/mol. The number of halogens is 1. The van der Waals surface area contributed by atoms with E-state index in [1.54, 1.807) is 42.5 Å². The molecule has 6 nitrogen and oxygen atoms in total. The van der Waals surface area contributed by atoms with Gasteiger partial charge in [-0.3, -0.25) is 9.59 Å². The van der Waals surface area contributed by atoms with E-state index in [0.717, 1.165) is 4.47 Å². The minimum absolute atomic E-state index is 0.0456. The molecule has 7 heteroatoms. The quantitative estimate of drug-likeness (QED) is 0.466. The molecule has 0 aliphatic heterocycles. The zero-order valence-corrected chi connectivity index (χ0v) is 17.2. The summed E-state index contributed by atoms with van der Waals surface area (Å²) in [5.74, 6) is -2.02. The predicted molar refractivity (Wildman–Crippen MR) is 118 cm³/mol. The molecule has 3 N–H and O–H groups in total. The van der Waals surface area contributed by atoms with Crippen molar-refractivity contribution in [3.05, 3.63) is 106 Å². The summed E-state index contributed by atoms with van der Waals surface area (Å²) in [5.41, 5.74) is 1.68. The Balaban J connectivity index is 1.86. The molecule has 0 aromatic heterocycles. The second-order valence-electron chi connectivity index (χ2n) is 6.27. The number of anilines is 1. The standard InChI is InChI=1S/C23H17BrN2O4/c24-18-8-4-5-15(13-18)14-20(26-21(27)16-6-2-1-3-7-16)22(28)25-19-11-9-17(10-12-19)23(29)30/h1-14H,(H,25,28)(H,26,27)(H,29,30). The van der Waals surface area contributed by atoms with Crippen LogP contribution in [0.1, 0.15) is 26.3 Å². The van der Waals surface area contributed by atoms with Crippen LogP contribution in [-0.4, -0.2) is 22.9 Å². The molecule has 2 amide bonds. The SMILES string of the molecule is O=C(Nc1ccc(C(=O)O)cc1)C(=Cc1cccc(Br)c1)NC(=O)c1ccccc1. The number of rotatable bonds is 6. The van der Waals surface area contributed by atoms with Gasteiger partial charge in [0.1, 0.15) is 5.70 Å². The lowest BCUT2D eigenvalue weighted by Crippen LogP contribution is -2.30. The van der Waals surface area contributed by atoms with Crippen LogP contribution in [0.5, 0.6) is 0 Å². The molecular formula is C23H17BrN2O4. The van der Waals surface area contributed by atoms with E-state index in [0.29, 0.717) is 16.8 Å². The third-order valence-electron chi connectivity index (χ3n) is 4.08. The van der Waals surface area contributed by atoms with E-state index in [-0.39, 0.29) is 11.3 Å². The molecule has 30 heavy (non-hydrogen) atoms. The molecule has 0 aliphatic carbocycles. The highest BCUT2D eigenvalue weighted by atomic mass is 79.9. The molecule has 0 fully saturated rings. The minimum Gasteiger partial charge on any atom is -0.478 e. The highest BCUT2D eigenvalue weighted by Gasteiger charge is 2.15. The Bertz CT molecular complexity index is 1110. The first-order valence-electron chi connectivity index (χ1n) is 8.91. The summed E-state index contributed by atoms with van der Waals surface area (Å²) >= 11 is 3.38. The van der Waals surface area contributed by atoms with Gasteiger partial charge in [0.15, 0.2) is 0 Å². The lowest BCUT2D eigenvalue weighted by atomic mass is 10.1. The van der Waals surface area contributed by atoms with Crippen LogP contribution in [0.3, 0.4) is 0 Å². The molecule has 0 saturated heterocycles. The van der Waals surface area contributed by atoms with Gasteiger partial charge >= 0.3 is 5.97 Å². The second-order valence-corrected chi connectivity index (χ2v) is 7.19. The van der Waals surface area contributed by atoms with Crippen LogP contribution in [0.15, 0.2) is 89.0 Å². The van der Waals surface area contributed by atoms with Crippen molar-refractivity contribution in [3.63, 3.8) is 0 Å². The summed E-state index contributed by atoms with van der Waals surface area (Å²) in [6.45, 7) is 0. The van der Waals surface area contributed by atoms with Crippen molar-refractivity contribution in [1.29, 1.82) is 0 Å². The van der Waals surface area contributed by atoms with Gasteiger partial charge in [-0.1, -0.05) is 46.3 Å². The van der Waals surface area contributed by atoms with Crippen molar-refractivity contribution in [3.8, 4) is 0 Å². The second kappa shape index (κ2) is 9.67. The van der Waals surface area contributed by atoms with Crippen molar-refractivity contribution in [1.82, 2.24) is 5.32 Å². The molecule has 150 valence electrons. The third kappa shape index (κ3) is 5.65. The van der Waals surface area contributed by atoms with Gasteiger partial charge in [0.2, 0.25) is 0 Å². The molecule has 0 aliphatic rings. The average Bonchev–Trinajstić information content (AvgIpc) is 2.74. The Morgan fingerprint density at radius 2 is 1.53 bits per heavy atom. The number of nitrogens with one attached hydrogen (secondary N) is 2. The lowest BCUT2D eigenvalue weighted by Gasteiger charge is -2.12. The van der Waals surface area contributed by atoms with Gasteiger partial charge in [0.05, 0.1) is 5.56 Å². The lowest BCUT2D eigenvalue weighted by molar-refractivity contribution is -0.113. The van der Waals surface area contributed by atoms with Gasteiger partial charge in [0, 0.05) is 15.7 Å². The van der Waals surface area contributed by atoms with Gasteiger partial charge in [-0.25, -0.2) is 4.79 Å². The number of hydrogen-bond donors (Lipinski definition) is 3. The Morgan fingerprint density at radius 1 is 0.833 bits per heavy atom. The fourth-order valence-electron chi connectivity index (χ4n) is 2.60. The summed E-state index contributed by atoms with van der Waals surface area (Å²) in [6, 6.07) is 21.6. The third-order valence-corrected chi connectivity index (χ3v) is 4.57.